The molecule has 0 saturated carbocycles. The lowest BCUT2D eigenvalue weighted by Crippen LogP contribution is -2.00. The van der Waals surface area contributed by atoms with Crippen molar-refractivity contribution in [1.82, 2.24) is 0 Å². The van der Waals surface area contributed by atoms with Crippen molar-refractivity contribution in [2.75, 3.05) is 0 Å². The Morgan fingerprint density at radius 1 is 1.54 bits per heavy atom. The maximum Gasteiger partial charge on any atom is 0.147 e. The molecule has 1 aromatic carbocycles. The van der Waals surface area contributed by atoms with Crippen molar-refractivity contribution in [3.8, 4) is 0 Å². The number of hydrogen-bond donors (Lipinski definition) is 0. The summed E-state index contributed by atoms with van der Waals surface area (Å²) in [5.74, 6) is 0.131. The van der Waals surface area contributed by atoms with Crippen molar-refractivity contribution in [3.63, 3.8) is 0 Å². The van der Waals surface area contributed by atoms with Gasteiger partial charge in [-0.2, -0.15) is 0 Å². The highest BCUT2D eigenvalue weighted by Gasteiger charge is 2.11. The molecule has 13 heavy (non-hydrogen) atoms. The van der Waals surface area contributed by atoms with Gasteiger partial charge in [0.05, 0.1) is 4.83 Å². The lowest BCUT2D eigenvalue weighted by atomic mass is 10.1. The zero-order chi connectivity index (χ0) is 9.84. The standard InChI is InChI=1S/C10H10Br2O/c1-7(13)10(12)9-4-2-3-8(5-9)6-11/h2-5,10H,6H2,1H3. The Balaban J connectivity index is 2.94. The van der Waals surface area contributed by atoms with E-state index in [-0.39, 0.29) is 10.6 Å². The van der Waals surface area contributed by atoms with Crippen LogP contribution in [0.3, 0.4) is 0 Å². The molecule has 1 atom stereocenters. The maximum absolute atomic E-state index is 11.1. The predicted octanol–water partition coefficient (Wildman–Crippen LogP) is 3.61. The zero-order valence-corrected chi connectivity index (χ0v) is 10.4. The summed E-state index contributed by atoms with van der Waals surface area (Å²) in [4.78, 5) is 10.9. The van der Waals surface area contributed by atoms with Crippen molar-refractivity contribution >= 4 is 37.6 Å². The predicted molar refractivity (Wildman–Crippen MR) is 61.4 cm³/mol. The summed E-state index contributed by atoms with van der Waals surface area (Å²) in [6, 6.07) is 7.96. The molecule has 0 radical (unpaired) electrons. The van der Waals surface area contributed by atoms with Crippen LogP contribution in [0.2, 0.25) is 0 Å². The first kappa shape index (κ1) is 10.9. The Morgan fingerprint density at radius 2 is 2.23 bits per heavy atom. The van der Waals surface area contributed by atoms with Gasteiger partial charge in [0, 0.05) is 5.33 Å². The third kappa shape index (κ3) is 2.92. The number of carbonyl (C=O) groups excluding carboxylic acids is 1. The average molecular weight is 306 g/mol. The van der Waals surface area contributed by atoms with Crippen LogP contribution in [0.25, 0.3) is 0 Å². The molecule has 0 spiro atoms. The number of benzene rings is 1. The van der Waals surface area contributed by atoms with Gasteiger partial charge in [-0.25, -0.2) is 0 Å². The van der Waals surface area contributed by atoms with Crippen molar-refractivity contribution < 1.29 is 4.79 Å². The molecule has 0 bridgehead atoms. The molecule has 0 fully saturated rings. The molecule has 0 amide bonds. The van der Waals surface area contributed by atoms with E-state index in [4.69, 9.17) is 0 Å². The summed E-state index contributed by atoms with van der Waals surface area (Å²) in [6.07, 6.45) is 0. The number of hydrogen-bond acceptors (Lipinski definition) is 1. The molecule has 0 aromatic heterocycles. The minimum Gasteiger partial charge on any atom is -0.298 e. The van der Waals surface area contributed by atoms with Gasteiger partial charge in [0.15, 0.2) is 0 Å². The van der Waals surface area contributed by atoms with Gasteiger partial charge >= 0.3 is 0 Å². The first-order valence-electron chi connectivity index (χ1n) is 3.94. The van der Waals surface area contributed by atoms with E-state index in [0.29, 0.717) is 0 Å². The number of rotatable bonds is 3. The van der Waals surface area contributed by atoms with Crippen LogP contribution < -0.4 is 0 Å². The summed E-state index contributed by atoms with van der Waals surface area (Å²) in [5, 5.41) is 0.818. The number of alkyl halides is 2. The van der Waals surface area contributed by atoms with E-state index in [1.165, 1.54) is 5.56 Å². The van der Waals surface area contributed by atoms with Crippen LogP contribution in [0.4, 0.5) is 0 Å². The molecule has 3 heteroatoms. The minimum atomic E-state index is -0.175. The molecule has 1 rings (SSSR count). The highest BCUT2D eigenvalue weighted by atomic mass is 79.9. The van der Waals surface area contributed by atoms with Gasteiger partial charge in [0.25, 0.3) is 0 Å². The van der Waals surface area contributed by atoms with Crippen LogP contribution >= 0.6 is 31.9 Å². The van der Waals surface area contributed by atoms with Gasteiger partial charge in [-0.1, -0.05) is 56.1 Å². The van der Waals surface area contributed by atoms with Gasteiger partial charge in [-0.15, -0.1) is 0 Å². The van der Waals surface area contributed by atoms with Crippen LogP contribution in [0.15, 0.2) is 24.3 Å². The summed E-state index contributed by atoms with van der Waals surface area (Å²) in [7, 11) is 0. The second kappa shape index (κ2) is 4.91. The molecule has 0 aliphatic heterocycles. The average Bonchev–Trinajstić information content (AvgIpc) is 2.16. The third-order valence-electron chi connectivity index (χ3n) is 1.75. The van der Waals surface area contributed by atoms with Gasteiger partial charge in [-0.3, -0.25) is 4.79 Å². The Morgan fingerprint density at radius 3 is 2.77 bits per heavy atom. The van der Waals surface area contributed by atoms with E-state index in [2.05, 4.69) is 31.9 Å². The number of ketones is 1. The van der Waals surface area contributed by atoms with Crippen LogP contribution in [0.1, 0.15) is 22.9 Å². The van der Waals surface area contributed by atoms with Gasteiger partial charge in [-0.05, 0) is 18.1 Å². The SMILES string of the molecule is CC(=O)C(Br)c1cccc(CBr)c1. The highest BCUT2D eigenvalue weighted by Crippen LogP contribution is 2.24. The molecule has 70 valence electrons. The number of halogens is 2. The fourth-order valence-corrected chi connectivity index (χ4v) is 1.70. The molecule has 1 aromatic rings. The lowest BCUT2D eigenvalue weighted by molar-refractivity contribution is -0.116. The van der Waals surface area contributed by atoms with Crippen LogP contribution in [0, 0.1) is 0 Å². The Bertz CT molecular complexity index is 310. The Labute approximate surface area is 94.8 Å². The maximum atomic E-state index is 11.1. The summed E-state index contributed by atoms with van der Waals surface area (Å²) < 4.78 is 0. The summed E-state index contributed by atoms with van der Waals surface area (Å²) in [6.45, 7) is 1.58. The highest BCUT2D eigenvalue weighted by molar-refractivity contribution is 9.09. The van der Waals surface area contributed by atoms with Gasteiger partial charge in [0.2, 0.25) is 0 Å². The van der Waals surface area contributed by atoms with Crippen molar-refractivity contribution in [3.05, 3.63) is 35.4 Å². The van der Waals surface area contributed by atoms with Crippen LogP contribution in [0.5, 0.6) is 0 Å². The van der Waals surface area contributed by atoms with E-state index in [9.17, 15) is 4.79 Å². The molecule has 1 unspecified atom stereocenters. The molecular weight excluding hydrogens is 296 g/mol. The first-order chi connectivity index (χ1) is 6.15. The Kier molecular flexibility index (Phi) is 4.13. The molecular formula is C10H10Br2O. The smallest absolute Gasteiger partial charge is 0.147 e. The molecule has 0 N–H and O–H groups in total. The van der Waals surface area contributed by atoms with Gasteiger partial charge in [0.1, 0.15) is 5.78 Å². The van der Waals surface area contributed by atoms with Crippen molar-refractivity contribution in [2.45, 2.75) is 17.1 Å². The number of Topliss-reactive ketones (excluding diaryl/α,β-unsaturated/α-hetero) is 1. The van der Waals surface area contributed by atoms with Gasteiger partial charge < -0.3 is 0 Å². The fraction of sp³-hybridized carbons (Fsp3) is 0.300. The van der Waals surface area contributed by atoms with E-state index in [0.717, 1.165) is 10.9 Å². The van der Waals surface area contributed by atoms with E-state index < -0.39 is 0 Å². The Hall–Kier alpha value is -0.150. The topological polar surface area (TPSA) is 17.1 Å². The third-order valence-corrected chi connectivity index (χ3v) is 3.58. The summed E-state index contributed by atoms with van der Waals surface area (Å²) >= 11 is 6.73. The lowest BCUT2D eigenvalue weighted by Gasteiger charge is -2.06. The number of carbonyl (C=O) groups is 1. The second-order valence-corrected chi connectivity index (χ2v) is 4.33. The quantitative estimate of drug-likeness (QED) is 0.780. The van der Waals surface area contributed by atoms with E-state index in [1.54, 1.807) is 6.92 Å². The first-order valence-corrected chi connectivity index (χ1v) is 5.98. The van der Waals surface area contributed by atoms with Crippen LogP contribution in [-0.2, 0) is 10.1 Å². The van der Waals surface area contributed by atoms with E-state index in [1.807, 2.05) is 24.3 Å². The normalized spacial score (nSPS) is 12.5. The van der Waals surface area contributed by atoms with Crippen LogP contribution in [-0.4, -0.2) is 5.78 Å². The van der Waals surface area contributed by atoms with Crippen molar-refractivity contribution in [1.29, 1.82) is 0 Å². The largest absolute Gasteiger partial charge is 0.298 e. The minimum absolute atomic E-state index is 0.131. The van der Waals surface area contributed by atoms with Crippen molar-refractivity contribution in [2.24, 2.45) is 0 Å². The zero-order valence-electron chi connectivity index (χ0n) is 7.26. The molecule has 0 aliphatic carbocycles. The summed E-state index contributed by atoms with van der Waals surface area (Å²) in [5.41, 5.74) is 2.20. The fourth-order valence-electron chi connectivity index (χ4n) is 1.07. The monoisotopic (exact) mass is 304 g/mol. The molecule has 0 saturated heterocycles. The molecule has 1 nitrogen and oxygen atoms in total. The van der Waals surface area contributed by atoms with E-state index >= 15 is 0 Å². The molecule has 0 heterocycles. The second-order valence-electron chi connectivity index (χ2n) is 2.85. The molecule has 0 aliphatic rings.